The van der Waals surface area contributed by atoms with Crippen LogP contribution in [0.5, 0.6) is 0 Å². The van der Waals surface area contributed by atoms with Crippen molar-refractivity contribution in [1.29, 1.82) is 0 Å². The molecule has 25 heavy (non-hydrogen) atoms. The van der Waals surface area contributed by atoms with E-state index in [2.05, 4.69) is 9.97 Å². The Morgan fingerprint density at radius 3 is 2.84 bits per heavy atom. The van der Waals surface area contributed by atoms with Crippen LogP contribution in [0.15, 0.2) is 42.9 Å². The Labute approximate surface area is 145 Å². The third-order valence-corrected chi connectivity index (χ3v) is 4.17. The molecule has 0 radical (unpaired) electrons. The predicted octanol–water partition coefficient (Wildman–Crippen LogP) is 1.42. The summed E-state index contributed by atoms with van der Waals surface area (Å²) in [5, 5.41) is 0. The highest BCUT2D eigenvalue weighted by molar-refractivity contribution is 5.86. The monoisotopic (exact) mass is 342 g/mol. The fraction of sp³-hybridized carbons (Fsp3) is 0.333. The number of hydrogen-bond donors (Lipinski definition) is 0. The molecular formula is C18H19FN4O2. The largest absolute Gasteiger partial charge is 0.335 e. The highest BCUT2D eigenvalue weighted by Gasteiger charge is 2.26. The van der Waals surface area contributed by atoms with Gasteiger partial charge in [0.2, 0.25) is 11.8 Å². The molecule has 0 bridgehead atoms. The van der Waals surface area contributed by atoms with E-state index in [0.717, 1.165) is 11.3 Å². The van der Waals surface area contributed by atoms with Crippen LogP contribution in [-0.2, 0) is 22.6 Å². The Morgan fingerprint density at radius 2 is 2.12 bits per heavy atom. The lowest BCUT2D eigenvalue weighted by Crippen LogP contribution is -2.51. The second-order valence-corrected chi connectivity index (χ2v) is 5.96. The molecular weight excluding hydrogens is 323 g/mol. The molecule has 2 heterocycles. The molecule has 0 unspecified atom stereocenters. The summed E-state index contributed by atoms with van der Waals surface area (Å²) in [4.78, 5) is 35.7. The first-order chi connectivity index (χ1) is 12.1. The van der Waals surface area contributed by atoms with Gasteiger partial charge in [-0.3, -0.25) is 9.59 Å². The summed E-state index contributed by atoms with van der Waals surface area (Å²) in [6.45, 7) is 1.37. The van der Waals surface area contributed by atoms with Crippen LogP contribution >= 0.6 is 0 Å². The van der Waals surface area contributed by atoms with E-state index >= 15 is 0 Å². The number of hydrogen-bond acceptors (Lipinski definition) is 4. The topological polar surface area (TPSA) is 66.4 Å². The second kappa shape index (κ2) is 7.83. The Hall–Kier alpha value is -2.83. The Morgan fingerprint density at radius 1 is 1.24 bits per heavy atom. The standard InChI is InChI=1S/C18H19FN4O2/c19-15-3-1-2-14(10-15)11-22-8-9-23(12-18(22)25)17(24)5-4-16-6-7-20-13-21-16/h1-3,6-7,10,13H,4-5,8-9,11-12H2. The average molecular weight is 342 g/mol. The highest BCUT2D eigenvalue weighted by atomic mass is 19.1. The first-order valence-electron chi connectivity index (χ1n) is 8.17. The van der Waals surface area contributed by atoms with Gasteiger partial charge in [0.15, 0.2) is 0 Å². The molecule has 3 rings (SSSR count). The molecule has 1 aromatic heterocycles. The van der Waals surface area contributed by atoms with E-state index in [-0.39, 0.29) is 24.2 Å². The molecule has 0 atom stereocenters. The van der Waals surface area contributed by atoms with Crippen LogP contribution in [0, 0.1) is 5.82 Å². The first kappa shape index (κ1) is 17.0. The van der Waals surface area contributed by atoms with Crippen LogP contribution in [0.25, 0.3) is 0 Å². The number of aryl methyl sites for hydroxylation is 1. The molecule has 0 saturated carbocycles. The van der Waals surface area contributed by atoms with Crippen LogP contribution in [-0.4, -0.2) is 51.2 Å². The van der Waals surface area contributed by atoms with Gasteiger partial charge in [-0.1, -0.05) is 12.1 Å². The highest BCUT2D eigenvalue weighted by Crippen LogP contribution is 2.12. The molecule has 0 spiro atoms. The maximum absolute atomic E-state index is 13.2. The minimum atomic E-state index is -0.316. The zero-order valence-corrected chi connectivity index (χ0v) is 13.8. The van der Waals surface area contributed by atoms with E-state index in [1.54, 1.807) is 34.2 Å². The molecule has 2 amide bonds. The van der Waals surface area contributed by atoms with Crippen LogP contribution < -0.4 is 0 Å². The van der Waals surface area contributed by atoms with Gasteiger partial charge in [-0.05, 0) is 30.2 Å². The second-order valence-electron chi connectivity index (χ2n) is 5.96. The number of rotatable bonds is 5. The van der Waals surface area contributed by atoms with Crippen LogP contribution in [0.1, 0.15) is 17.7 Å². The fourth-order valence-electron chi connectivity index (χ4n) is 2.80. The summed E-state index contributed by atoms with van der Waals surface area (Å²) >= 11 is 0. The molecule has 2 aromatic rings. The molecule has 0 N–H and O–H groups in total. The maximum Gasteiger partial charge on any atom is 0.242 e. The molecule has 6 nitrogen and oxygen atoms in total. The summed E-state index contributed by atoms with van der Waals surface area (Å²) in [7, 11) is 0. The van der Waals surface area contributed by atoms with E-state index in [1.807, 2.05) is 0 Å². The lowest BCUT2D eigenvalue weighted by atomic mass is 10.1. The van der Waals surface area contributed by atoms with Gasteiger partial charge in [0.05, 0.1) is 6.54 Å². The van der Waals surface area contributed by atoms with Gasteiger partial charge < -0.3 is 9.80 Å². The Kier molecular flexibility index (Phi) is 5.33. The number of halogens is 1. The molecule has 0 aliphatic carbocycles. The van der Waals surface area contributed by atoms with Gasteiger partial charge in [-0.25, -0.2) is 14.4 Å². The molecule has 7 heteroatoms. The van der Waals surface area contributed by atoms with Crippen molar-refractivity contribution < 1.29 is 14.0 Å². The molecule has 1 aromatic carbocycles. The summed E-state index contributed by atoms with van der Waals surface area (Å²) in [6, 6.07) is 7.99. The van der Waals surface area contributed by atoms with Crippen molar-refractivity contribution in [2.24, 2.45) is 0 Å². The number of benzene rings is 1. The lowest BCUT2D eigenvalue weighted by molar-refractivity contribution is -0.145. The van der Waals surface area contributed by atoms with E-state index < -0.39 is 0 Å². The number of piperazine rings is 1. The van der Waals surface area contributed by atoms with Crippen molar-refractivity contribution in [3.8, 4) is 0 Å². The van der Waals surface area contributed by atoms with E-state index in [4.69, 9.17) is 0 Å². The molecule has 1 saturated heterocycles. The third-order valence-electron chi connectivity index (χ3n) is 4.17. The summed E-state index contributed by atoms with van der Waals surface area (Å²) < 4.78 is 13.2. The summed E-state index contributed by atoms with van der Waals surface area (Å²) in [5.74, 6) is -0.494. The number of amides is 2. The van der Waals surface area contributed by atoms with Crippen molar-refractivity contribution >= 4 is 11.8 Å². The molecule has 1 aliphatic rings. The van der Waals surface area contributed by atoms with Gasteiger partial charge in [0.25, 0.3) is 0 Å². The Bertz CT molecular complexity index is 754. The number of nitrogens with zero attached hydrogens (tertiary/aromatic N) is 4. The van der Waals surface area contributed by atoms with Crippen molar-refractivity contribution in [1.82, 2.24) is 19.8 Å². The van der Waals surface area contributed by atoms with Gasteiger partial charge in [0, 0.05) is 37.9 Å². The molecule has 1 fully saturated rings. The van der Waals surface area contributed by atoms with Crippen molar-refractivity contribution in [2.75, 3.05) is 19.6 Å². The van der Waals surface area contributed by atoms with Crippen LogP contribution in [0.4, 0.5) is 4.39 Å². The number of aromatic nitrogens is 2. The van der Waals surface area contributed by atoms with Gasteiger partial charge in [0.1, 0.15) is 12.1 Å². The number of carbonyl (C=O) groups excluding carboxylic acids is 2. The van der Waals surface area contributed by atoms with Gasteiger partial charge in [-0.2, -0.15) is 0 Å². The third kappa shape index (κ3) is 4.59. The first-order valence-corrected chi connectivity index (χ1v) is 8.17. The predicted molar refractivity (Wildman–Crippen MR) is 88.8 cm³/mol. The van der Waals surface area contributed by atoms with Crippen LogP contribution in [0.2, 0.25) is 0 Å². The quantitative estimate of drug-likeness (QED) is 0.824. The maximum atomic E-state index is 13.2. The summed E-state index contributed by atoms with van der Waals surface area (Å²) in [5.41, 5.74) is 1.55. The van der Waals surface area contributed by atoms with Gasteiger partial charge >= 0.3 is 0 Å². The Balaban J connectivity index is 1.51. The van der Waals surface area contributed by atoms with E-state index in [0.29, 0.717) is 32.5 Å². The zero-order chi connectivity index (χ0) is 17.6. The molecule has 130 valence electrons. The van der Waals surface area contributed by atoms with E-state index in [9.17, 15) is 14.0 Å². The summed E-state index contributed by atoms with van der Waals surface area (Å²) in [6.07, 6.45) is 3.93. The van der Waals surface area contributed by atoms with Crippen molar-refractivity contribution in [3.05, 3.63) is 59.9 Å². The van der Waals surface area contributed by atoms with Gasteiger partial charge in [-0.15, -0.1) is 0 Å². The minimum absolute atomic E-state index is 0.0580. The van der Waals surface area contributed by atoms with Crippen molar-refractivity contribution in [3.63, 3.8) is 0 Å². The average Bonchev–Trinajstić information content (AvgIpc) is 2.62. The molecule has 1 aliphatic heterocycles. The lowest BCUT2D eigenvalue weighted by Gasteiger charge is -2.34. The minimum Gasteiger partial charge on any atom is -0.335 e. The van der Waals surface area contributed by atoms with Crippen LogP contribution in [0.3, 0.4) is 0 Å². The van der Waals surface area contributed by atoms with Crippen molar-refractivity contribution in [2.45, 2.75) is 19.4 Å². The van der Waals surface area contributed by atoms with E-state index in [1.165, 1.54) is 18.5 Å². The fourth-order valence-corrected chi connectivity index (χ4v) is 2.80. The SMILES string of the molecule is O=C(CCc1ccncn1)N1CCN(Cc2cccc(F)c2)C(=O)C1. The zero-order valence-electron chi connectivity index (χ0n) is 13.8. The smallest absolute Gasteiger partial charge is 0.242 e. The normalized spacial score (nSPS) is 14.7. The number of carbonyl (C=O) groups is 2.